The maximum absolute atomic E-state index is 5.51. The Bertz CT molecular complexity index is 1380. The van der Waals surface area contributed by atoms with Crippen molar-refractivity contribution in [3.8, 4) is 57.0 Å². The molecule has 0 amide bonds. The predicted octanol–water partition coefficient (Wildman–Crippen LogP) is 6.70. The standard InChI is InChI=1S/C34H40N4O6/c1-39-29-15-21(16-30(40-2)33(29)43-5)25-13-11-23(19-35-25)37-27-9-7-8-10-28(27)38-24-12-14-26(36-20-24)22-17-31(41-3)34(44-6)32(18-22)42-4/h11-20,27-28,37-38H,7-10H2,1-6H3/t27-,28+. The molecule has 0 bridgehead atoms. The van der Waals surface area contributed by atoms with E-state index in [9.17, 15) is 0 Å². The van der Waals surface area contributed by atoms with Gasteiger partial charge in [0.1, 0.15) is 0 Å². The largest absolute Gasteiger partial charge is 0.493 e. The van der Waals surface area contributed by atoms with Gasteiger partial charge >= 0.3 is 0 Å². The molecule has 0 saturated heterocycles. The van der Waals surface area contributed by atoms with E-state index < -0.39 is 0 Å². The minimum Gasteiger partial charge on any atom is -0.493 e. The second-order valence-electron chi connectivity index (χ2n) is 10.5. The molecule has 2 atom stereocenters. The molecule has 1 saturated carbocycles. The van der Waals surface area contributed by atoms with E-state index in [1.807, 2.05) is 48.8 Å². The van der Waals surface area contributed by atoms with Gasteiger partial charge in [-0.25, -0.2) is 0 Å². The molecule has 1 aliphatic rings. The van der Waals surface area contributed by atoms with Crippen molar-refractivity contribution in [2.75, 3.05) is 53.3 Å². The zero-order chi connectivity index (χ0) is 31.1. The normalized spacial score (nSPS) is 16.0. The molecule has 2 N–H and O–H groups in total. The summed E-state index contributed by atoms with van der Waals surface area (Å²) in [6.45, 7) is 0. The number of benzene rings is 2. The van der Waals surface area contributed by atoms with E-state index in [0.717, 1.165) is 46.7 Å². The van der Waals surface area contributed by atoms with Crippen LogP contribution in [0.4, 0.5) is 11.4 Å². The molecule has 2 aromatic carbocycles. The van der Waals surface area contributed by atoms with Crippen LogP contribution in [0.2, 0.25) is 0 Å². The lowest BCUT2D eigenvalue weighted by atomic mass is 9.90. The van der Waals surface area contributed by atoms with Crippen LogP contribution in [0.5, 0.6) is 34.5 Å². The molecular formula is C34H40N4O6. The van der Waals surface area contributed by atoms with E-state index in [1.165, 1.54) is 12.8 Å². The summed E-state index contributed by atoms with van der Waals surface area (Å²) in [4.78, 5) is 9.47. The summed E-state index contributed by atoms with van der Waals surface area (Å²) >= 11 is 0. The van der Waals surface area contributed by atoms with E-state index in [-0.39, 0.29) is 12.1 Å². The highest BCUT2D eigenvalue weighted by molar-refractivity contribution is 5.70. The molecule has 4 aromatic rings. The van der Waals surface area contributed by atoms with Crippen molar-refractivity contribution < 1.29 is 28.4 Å². The Morgan fingerprint density at radius 2 is 0.886 bits per heavy atom. The van der Waals surface area contributed by atoms with Crippen LogP contribution in [-0.2, 0) is 0 Å². The van der Waals surface area contributed by atoms with Crippen LogP contribution in [0.1, 0.15) is 25.7 Å². The van der Waals surface area contributed by atoms with Crippen LogP contribution in [0, 0.1) is 0 Å². The molecule has 0 radical (unpaired) electrons. The monoisotopic (exact) mass is 600 g/mol. The van der Waals surface area contributed by atoms with E-state index in [0.29, 0.717) is 34.5 Å². The van der Waals surface area contributed by atoms with E-state index in [1.54, 1.807) is 42.7 Å². The number of hydrogen-bond acceptors (Lipinski definition) is 10. The second-order valence-corrected chi connectivity index (χ2v) is 10.5. The Balaban J connectivity index is 1.28. The number of ether oxygens (including phenoxy) is 6. The Labute approximate surface area is 258 Å². The van der Waals surface area contributed by atoms with Gasteiger partial charge in [-0.05, 0) is 61.4 Å². The smallest absolute Gasteiger partial charge is 0.203 e. The Kier molecular flexibility index (Phi) is 9.79. The molecule has 2 heterocycles. The number of rotatable bonds is 12. The fourth-order valence-electron chi connectivity index (χ4n) is 5.66. The fraction of sp³-hybridized carbons (Fsp3) is 0.353. The summed E-state index contributed by atoms with van der Waals surface area (Å²) in [6, 6.07) is 16.2. The first-order chi connectivity index (χ1) is 21.5. The van der Waals surface area contributed by atoms with E-state index >= 15 is 0 Å². The number of pyridine rings is 2. The first-order valence-electron chi connectivity index (χ1n) is 14.6. The van der Waals surface area contributed by atoms with Gasteiger partial charge in [-0.1, -0.05) is 12.8 Å². The van der Waals surface area contributed by atoms with Gasteiger partial charge < -0.3 is 39.1 Å². The topological polar surface area (TPSA) is 105 Å². The Morgan fingerprint density at radius 3 is 1.16 bits per heavy atom. The molecule has 232 valence electrons. The van der Waals surface area contributed by atoms with Crippen LogP contribution >= 0.6 is 0 Å². The molecule has 0 unspecified atom stereocenters. The van der Waals surface area contributed by atoms with Gasteiger partial charge in [-0.3, -0.25) is 9.97 Å². The maximum atomic E-state index is 5.51. The molecule has 2 aromatic heterocycles. The minimum absolute atomic E-state index is 0.243. The van der Waals surface area contributed by atoms with Crippen LogP contribution in [0.3, 0.4) is 0 Å². The molecule has 10 nitrogen and oxygen atoms in total. The highest BCUT2D eigenvalue weighted by Crippen LogP contribution is 2.42. The zero-order valence-electron chi connectivity index (χ0n) is 26.1. The number of hydrogen-bond donors (Lipinski definition) is 2. The van der Waals surface area contributed by atoms with Crippen molar-refractivity contribution in [3.05, 3.63) is 60.9 Å². The van der Waals surface area contributed by atoms with Crippen molar-refractivity contribution in [1.82, 2.24) is 9.97 Å². The van der Waals surface area contributed by atoms with Crippen molar-refractivity contribution in [2.45, 2.75) is 37.8 Å². The highest BCUT2D eigenvalue weighted by atomic mass is 16.5. The van der Waals surface area contributed by atoms with Crippen molar-refractivity contribution in [3.63, 3.8) is 0 Å². The summed E-state index contributed by atoms with van der Waals surface area (Å²) in [6.07, 6.45) is 8.21. The van der Waals surface area contributed by atoms with Crippen LogP contribution in [0.25, 0.3) is 22.5 Å². The summed E-state index contributed by atoms with van der Waals surface area (Å²) in [7, 11) is 9.62. The number of nitrogens with one attached hydrogen (secondary N) is 2. The second kappa shape index (κ2) is 14.1. The van der Waals surface area contributed by atoms with E-state index in [2.05, 4.69) is 22.8 Å². The van der Waals surface area contributed by atoms with Gasteiger partial charge in [0.25, 0.3) is 0 Å². The molecular weight excluding hydrogens is 560 g/mol. The molecule has 0 spiro atoms. The van der Waals surface area contributed by atoms with Gasteiger partial charge in [0.05, 0.1) is 77.8 Å². The van der Waals surface area contributed by atoms with Gasteiger partial charge in [0, 0.05) is 23.2 Å². The molecule has 0 aliphatic heterocycles. The average molecular weight is 601 g/mol. The van der Waals surface area contributed by atoms with Crippen molar-refractivity contribution in [2.24, 2.45) is 0 Å². The van der Waals surface area contributed by atoms with Crippen molar-refractivity contribution in [1.29, 1.82) is 0 Å². The summed E-state index contributed by atoms with van der Waals surface area (Å²) in [5.41, 5.74) is 5.32. The van der Waals surface area contributed by atoms with Crippen LogP contribution < -0.4 is 39.1 Å². The first-order valence-corrected chi connectivity index (χ1v) is 14.6. The van der Waals surface area contributed by atoms with Crippen LogP contribution in [-0.4, -0.2) is 64.7 Å². The third kappa shape index (κ3) is 6.54. The number of methoxy groups -OCH3 is 6. The quantitative estimate of drug-likeness (QED) is 0.183. The lowest BCUT2D eigenvalue weighted by molar-refractivity contribution is 0.324. The summed E-state index contributed by atoms with van der Waals surface area (Å²) < 4.78 is 32.9. The average Bonchev–Trinajstić information content (AvgIpc) is 3.08. The predicted molar refractivity (Wildman–Crippen MR) is 172 cm³/mol. The molecule has 10 heteroatoms. The number of aromatic nitrogens is 2. The van der Waals surface area contributed by atoms with Gasteiger partial charge in [-0.15, -0.1) is 0 Å². The highest BCUT2D eigenvalue weighted by Gasteiger charge is 2.25. The fourth-order valence-corrected chi connectivity index (χ4v) is 5.66. The maximum Gasteiger partial charge on any atom is 0.203 e. The van der Waals surface area contributed by atoms with Crippen LogP contribution in [0.15, 0.2) is 60.9 Å². The lowest BCUT2D eigenvalue weighted by Gasteiger charge is -2.34. The summed E-state index contributed by atoms with van der Waals surface area (Å²) in [5.74, 6) is 3.47. The molecule has 44 heavy (non-hydrogen) atoms. The Hall–Kier alpha value is -4.86. The summed E-state index contributed by atoms with van der Waals surface area (Å²) in [5, 5.41) is 7.42. The Morgan fingerprint density at radius 1 is 0.523 bits per heavy atom. The lowest BCUT2D eigenvalue weighted by Crippen LogP contribution is -2.41. The van der Waals surface area contributed by atoms with Gasteiger partial charge in [0.2, 0.25) is 11.5 Å². The van der Waals surface area contributed by atoms with Gasteiger partial charge in [0.15, 0.2) is 23.0 Å². The molecule has 5 rings (SSSR count). The minimum atomic E-state index is 0.243. The third-order valence-electron chi connectivity index (χ3n) is 7.92. The van der Waals surface area contributed by atoms with E-state index in [4.69, 9.17) is 38.4 Å². The number of nitrogens with zero attached hydrogens (tertiary/aromatic N) is 2. The number of anilines is 2. The first kappa shape index (κ1) is 30.6. The third-order valence-corrected chi connectivity index (χ3v) is 7.92. The molecule has 1 aliphatic carbocycles. The van der Waals surface area contributed by atoms with Gasteiger partial charge in [-0.2, -0.15) is 0 Å². The molecule has 1 fully saturated rings. The van der Waals surface area contributed by atoms with Crippen molar-refractivity contribution >= 4 is 11.4 Å². The zero-order valence-corrected chi connectivity index (χ0v) is 26.1. The SMILES string of the molecule is COc1cc(-c2ccc(N[C@H]3CCCC[C@H]3Nc3ccc(-c4cc(OC)c(OC)c(OC)c4)nc3)cn2)cc(OC)c1OC.